The number of thioether (sulfide) groups is 1. The summed E-state index contributed by atoms with van der Waals surface area (Å²) in [5, 5.41) is 6.93. The highest BCUT2D eigenvalue weighted by Crippen LogP contribution is 2.28. The number of rotatable bonds is 5. The summed E-state index contributed by atoms with van der Waals surface area (Å²) in [4.78, 5) is 9.05. The van der Waals surface area contributed by atoms with Gasteiger partial charge in [0.05, 0.1) is 5.69 Å². The standard InChI is InChI=1S/C17H13N3OS2/c1-2-6-12(7-3-1)18-16-19-13(10-22-16)11-23-17-20-14-8-4-5-9-15(14)21-17/h1-10H,11H2,(H,18,19). The molecule has 4 rings (SSSR count). The normalized spacial score (nSPS) is 11.0. The summed E-state index contributed by atoms with van der Waals surface area (Å²) in [6.45, 7) is 0. The molecule has 4 nitrogen and oxygen atoms in total. The van der Waals surface area contributed by atoms with Crippen LogP contribution in [0.25, 0.3) is 11.1 Å². The van der Waals surface area contributed by atoms with Crippen LogP contribution in [0.15, 0.2) is 69.6 Å². The zero-order chi connectivity index (χ0) is 15.5. The number of thiazole rings is 1. The van der Waals surface area contributed by atoms with Crippen molar-refractivity contribution in [3.05, 3.63) is 65.7 Å². The molecule has 0 aliphatic carbocycles. The van der Waals surface area contributed by atoms with Crippen molar-refractivity contribution >= 4 is 45.0 Å². The van der Waals surface area contributed by atoms with Crippen LogP contribution in [0.3, 0.4) is 0 Å². The lowest BCUT2D eigenvalue weighted by molar-refractivity contribution is 0.489. The van der Waals surface area contributed by atoms with E-state index in [1.807, 2.05) is 54.6 Å². The Balaban J connectivity index is 1.41. The SMILES string of the molecule is c1ccc(Nc2nc(CSc3nc4ccccc4o3)cs2)cc1. The van der Waals surface area contributed by atoms with Crippen LogP contribution in [0, 0.1) is 0 Å². The molecule has 0 saturated carbocycles. The fourth-order valence-electron chi connectivity index (χ4n) is 2.12. The molecule has 0 bridgehead atoms. The molecule has 0 fully saturated rings. The van der Waals surface area contributed by atoms with Crippen molar-refractivity contribution in [1.82, 2.24) is 9.97 Å². The smallest absolute Gasteiger partial charge is 0.257 e. The number of hydrogen-bond acceptors (Lipinski definition) is 6. The highest BCUT2D eigenvalue weighted by atomic mass is 32.2. The van der Waals surface area contributed by atoms with E-state index in [4.69, 9.17) is 4.42 Å². The number of anilines is 2. The maximum atomic E-state index is 5.70. The van der Waals surface area contributed by atoms with Crippen molar-refractivity contribution in [3.63, 3.8) is 0 Å². The van der Waals surface area contributed by atoms with Crippen LogP contribution in [0.5, 0.6) is 0 Å². The molecule has 4 aromatic rings. The van der Waals surface area contributed by atoms with E-state index >= 15 is 0 Å². The minimum atomic E-state index is 0.678. The molecule has 2 aromatic heterocycles. The third kappa shape index (κ3) is 3.38. The molecule has 0 aliphatic rings. The Morgan fingerprint density at radius 1 is 1.00 bits per heavy atom. The average molecular weight is 339 g/mol. The Morgan fingerprint density at radius 2 is 1.83 bits per heavy atom. The second-order valence-electron chi connectivity index (χ2n) is 4.87. The molecular formula is C17H13N3OS2. The summed E-state index contributed by atoms with van der Waals surface area (Å²) >= 11 is 3.16. The van der Waals surface area contributed by atoms with Gasteiger partial charge in [0.2, 0.25) is 0 Å². The third-order valence-electron chi connectivity index (χ3n) is 3.19. The zero-order valence-corrected chi connectivity index (χ0v) is 13.7. The van der Waals surface area contributed by atoms with Gasteiger partial charge in [-0.25, -0.2) is 9.97 Å². The summed E-state index contributed by atoms with van der Waals surface area (Å²) in [5.41, 5.74) is 3.76. The van der Waals surface area contributed by atoms with Gasteiger partial charge in [0.25, 0.3) is 5.22 Å². The number of hydrogen-bond donors (Lipinski definition) is 1. The van der Waals surface area contributed by atoms with E-state index < -0.39 is 0 Å². The second kappa shape index (κ2) is 6.44. The largest absolute Gasteiger partial charge is 0.431 e. The topological polar surface area (TPSA) is 51.0 Å². The van der Waals surface area contributed by atoms with Gasteiger partial charge in [-0.3, -0.25) is 0 Å². The first-order valence-electron chi connectivity index (χ1n) is 7.12. The van der Waals surface area contributed by atoms with Gasteiger partial charge in [-0.1, -0.05) is 42.1 Å². The van der Waals surface area contributed by atoms with E-state index in [9.17, 15) is 0 Å². The van der Waals surface area contributed by atoms with Crippen molar-refractivity contribution in [1.29, 1.82) is 0 Å². The number of fused-ring (bicyclic) bond motifs is 1. The van der Waals surface area contributed by atoms with Gasteiger partial charge in [-0.05, 0) is 24.3 Å². The number of nitrogens with zero attached hydrogens (tertiary/aromatic N) is 2. The average Bonchev–Trinajstić information content (AvgIpc) is 3.20. The lowest BCUT2D eigenvalue weighted by Gasteiger charge is -2.00. The highest BCUT2D eigenvalue weighted by Gasteiger charge is 2.08. The lowest BCUT2D eigenvalue weighted by atomic mass is 10.3. The monoisotopic (exact) mass is 339 g/mol. The molecule has 2 heterocycles. The lowest BCUT2D eigenvalue weighted by Crippen LogP contribution is -1.89. The van der Waals surface area contributed by atoms with Gasteiger partial charge >= 0.3 is 0 Å². The fraction of sp³-hybridized carbons (Fsp3) is 0.0588. The molecule has 114 valence electrons. The third-order valence-corrected chi connectivity index (χ3v) is 4.86. The van der Waals surface area contributed by atoms with Gasteiger partial charge in [0, 0.05) is 16.8 Å². The van der Waals surface area contributed by atoms with Gasteiger partial charge in [-0.15, -0.1) is 11.3 Å². The quantitative estimate of drug-likeness (QED) is 0.499. The molecule has 23 heavy (non-hydrogen) atoms. The van der Waals surface area contributed by atoms with Crippen LogP contribution in [0.2, 0.25) is 0 Å². The predicted octanol–water partition coefficient (Wildman–Crippen LogP) is 5.32. The Hall–Kier alpha value is -2.31. The second-order valence-corrected chi connectivity index (χ2v) is 6.66. The van der Waals surface area contributed by atoms with E-state index in [-0.39, 0.29) is 0 Å². The van der Waals surface area contributed by atoms with Gasteiger partial charge < -0.3 is 9.73 Å². The number of nitrogens with one attached hydrogen (secondary N) is 1. The summed E-state index contributed by atoms with van der Waals surface area (Å²) in [6, 6.07) is 17.8. The van der Waals surface area contributed by atoms with E-state index in [0.29, 0.717) is 5.22 Å². The molecule has 0 aliphatic heterocycles. The molecule has 1 N–H and O–H groups in total. The number of benzene rings is 2. The van der Waals surface area contributed by atoms with Gasteiger partial charge in [-0.2, -0.15) is 0 Å². The Morgan fingerprint density at radius 3 is 2.70 bits per heavy atom. The maximum absolute atomic E-state index is 5.70. The van der Waals surface area contributed by atoms with Gasteiger partial charge in [0.15, 0.2) is 10.7 Å². The molecule has 6 heteroatoms. The molecule has 2 aromatic carbocycles. The zero-order valence-electron chi connectivity index (χ0n) is 12.1. The number of aromatic nitrogens is 2. The summed E-state index contributed by atoms with van der Waals surface area (Å²) in [5.74, 6) is 0.736. The number of para-hydroxylation sites is 3. The highest BCUT2D eigenvalue weighted by molar-refractivity contribution is 7.98. The van der Waals surface area contributed by atoms with Crippen molar-refractivity contribution in [3.8, 4) is 0 Å². The Bertz CT molecular complexity index is 885. The molecule has 0 radical (unpaired) electrons. The first-order valence-corrected chi connectivity index (χ1v) is 8.98. The Labute approximate surface area is 141 Å². The first kappa shape index (κ1) is 14.3. The molecule has 0 atom stereocenters. The maximum Gasteiger partial charge on any atom is 0.257 e. The van der Waals surface area contributed by atoms with Crippen LogP contribution < -0.4 is 5.32 Å². The van der Waals surface area contributed by atoms with Crippen LogP contribution in [-0.2, 0) is 5.75 Å². The van der Waals surface area contributed by atoms with E-state index in [1.54, 1.807) is 23.1 Å². The van der Waals surface area contributed by atoms with E-state index in [2.05, 4.69) is 20.7 Å². The molecule has 0 spiro atoms. The minimum Gasteiger partial charge on any atom is -0.431 e. The van der Waals surface area contributed by atoms with Gasteiger partial charge in [0.1, 0.15) is 5.52 Å². The van der Waals surface area contributed by atoms with E-state index in [1.165, 1.54) is 0 Å². The van der Waals surface area contributed by atoms with Crippen molar-refractivity contribution in [2.24, 2.45) is 0 Å². The predicted molar refractivity (Wildman–Crippen MR) is 95.4 cm³/mol. The molecular weight excluding hydrogens is 326 g/mol. The van der Waals surface area contributed by atoms with Crippen LogP contribution in [0.4, 0.5) is 10.8 Å². The first-order chi connectivity index (χ1) is 11.4. The van der Waals surface area contributed by atoms with Crippen LogP contribution in [0.1, 0.15) is 5.69 Å². The summed E-state index contributed by atoms with van der Waals surface area (Å²) in [6.07, 6.45) is 0. The van der Waals surface area contributed by atoms with Crippen molar-refractivity contribution < 1.29 is 4.42 Å². The summed E-state index contributed by atoms with van der Waals surface area (Å²) < 4.78 is 5.70. The van der Waals surface area contributed by atoms with E-state index in [0.717, 1.165) is 33.4 Å². The molecule has 0 saturated heterocycles. The summed E-state index contributed by atoms with van der Waals surface area (Å²) in [7, 11) is 0. The van der Waals surface area contributed by atoms with Crippen LogP contribution >= 0.6 is 23.1 Å². The fourth-order valence-corrected chi connectivity index (χ4v) is 3.69. The molecule has 0 unspecified atom stereocenters. The van der Waals surface area contributed by atoms with Crippen molar-refractivity contribution in [2.75, 3.05) is 5.32 Å². The minimum absolute atomic E-state index is 0.678. The Kier molecular flexibility index (Phi) is 4.00. The molecule has 0 amide bonds. The van der Waals surface area contributed by atoms with Crippen LogP contribution in [-0.4, -0.2) is 9.97 Å². The number of oxazole rings is 1. The van der Waals surface area contributed by atoms with Crippen molar-refractivity contribution in [2.45, 2.75) is 11.0 Å².